The number of hydrogen-bond donors (Lipinski definition) is 1. The summed E-state index contributed by atoms with van der Waals surface area (Å²) >= 11 is 0. The van der Waals surface area contributed by atoms with Crippen molar-refractivity contribution in [3.8, 4) is 0 Å². The minimum absolute atomic E-state index is 0.174. The first-order chi connectivity index (χ1) is 12.2. The zero-order valence-electron chi connectivity index (χ0n) is 13.9. The molecule has 3 heterocycles. The molecule has 2 atom stereocenters. The second-order valence-electron chi connectivity index (χ2n) is 6.60. The van der Waals surface area contributed by atoms with Crippen LogP contribution in [0.3, 0.4) is 0 Å². The first kappa shape index (κ1) is 16.1. The Kier molecular flexibility index (Phi) is 4.38. The van der Waals surface area contributed by atoms with Gasteiger partial charge in [0.05, 0.1) is 11.6 Å². The first-order valence-electron chi connectivity index (χ1n) is 8.59. The monoisotopic (exact) mass is 339 g/mol. The van der Waals surface area contributed by atoms with Crippen molar-refractivity contribution >= 4 is 11.1 Å². The number of para-hydroxylation sites is 2. The Balaban J connectivity index is 1.40. The summed E-state index contributed by atoms with van der Waals surface area (Å²) in [5.41, 5.74) is 2.43. The first-order valence-corrected chi connectivity index (χ1v) is 8.59. The Morgan fingerprint density at radius 2 is 1.96 bits per heavy atom. The van der Waals surface area contributed by atoms with Crippen molar-refractivity contribution in [2.45, 2.75) is 19.1 Å². The second-order valence-corrected chi connectivity index (χ2v) is 6.60. The minimum Gasteiger partial charge on any atom is -0.408 e. The SMILES string of the molecule is O=c1oc2ccccc2n1CCN1C[C@@H](Cc2ccccn2)[C@H](O)C1. The second kappa shape index (κ2) is 6.82. The van der Waals surface area contributed by atoms with Crippen LogP contribution in [0.2, 0.25) is 0 Å². The molecule has 0 amide bonds. The van der Waals surface area contributed by atoms with Crippen molar-refractivity contribution in [1.29, 1.82) is 0 Å². The molecule has 0 saturated carbocycles. The van der Waals surface area contributed by atoms with Crippen molar-refractivity contribution in [3.05, 3.63) is 64.9 Å². The molecule has 0 aliphatic carbocycles. The maximum absolute atomic E-state index is 12.0. The average molecular weight is 339 g/mol. The van der Waals surface area contributed by atoms with Crippen LogP contribution in [0.1, 0.15) is 5.69 Å². The fourth-order valence-electron chi connectivity index (χ4n) is 3.58. The van der Waals surface area contributed by atoms with Gasteiger partial charge in [0, 0.05) is 44.0 Å². The molecule has 1 fully saturated rings. The fourth-order valence-corrected chi connectivity index (χ4v) is 3.58. The smallest absolute Gasteiger partial charge is 0.408 e. The lowest BCUT2D eigenvalue weighted by Crippen LogP contribution is -2.28. The van der Waals surface area contributed by atoms with E-state index in [0.29, 0.717) is 25.2 Å². The summed E-state index contributed by atoms with van der Waals surface area (Å²) in [5.74, 6) is -0.154. The van der Waals surface area contributed by atoms with Gasteiger partial charge in [0.15, 0.2) is 5.58 Å². The van der Waals surface area contributed by atoms with Crippen molar-refractivity contribution in [2.24, 2.45) is 5.92 Å². The molecule has 2 aromatic heterocycles. The molecule has 4 rings (SSSR count). The Morgan fingerprint density at radius 3 is 2.80 bits per heavy atom. The van der Waals surface area contributed by atoms with Gasteiger partial charge in [-0.2, -0.15) is 0 Å². The highest BCUT2D eigenvalue weighted by Crippen LogP contribution is 2.21. The summed E-state index contributed by atoms with van der Waals surface area (Å²) in [5, 5.41) is 10.3. The zero-order chi connectivity index (χ0) is 17.2. The topological polar surface area (TPSA) is 71.5 Å². The Hall–Kier alpha value is -2.44. The molecular weight excluding hydrogens is 318 g/mol. The van der Waals surface area contributed by atoms with E-state index < -0.39 is 0 Å². The predicted molar refractivity (Wildman–Crippen MR) is 94.4 cm³/mol. The predicted octanol–water partition coefficient (Wildman–Crippen LogP) is 1.52. The Labute approximate surface area is 145 Å². The van der Waals surface area contributed by atoms with Gasteiger partial charge < -0.3 is 9.52 Å². The largest absolute Gasteiger partial charge is 0.419 e. The van der Waals surface area contributed by atoms with Crippen LogP contribution < -0.4 is 5.76 Å². The summed E-state index contributed by atoms with van der Waals surface area (Å²) in [4.78, 5) is 18.6. The highest BCUT2D eigenvalue weighted by Gasteiger charge is 2.31. The minimum atomic E-state index is -0.361. The number of hydrogen-bond acceptors (Lipinski definition) is 5. The van der Waals surface area contributed by atoms with Gasteiger partial charge in [0.1, 0.15) is 0 Å². The van der Waals surface area contributed by atoms with Crippen molar-refractivity contribution in [2.75, 3.05) is 19.6 Å². The number of benzene rings is 1. The van der Waals surface area contributed by atoms with Crippen LogP contribution in [0.5, 0.6) is 0 Å². The number of pyridine rings is 1. The van der Waals surface area contributed by atoms with E-state index in [4.69, 9.17) is 4.42 Å². The number of aromatic nitrogens is 2. The molecule has 1 saturated heterocycles. The van der Waals surface area contributed by atoms with Crippen LogP contribution in [0.15, 0.2) is 57.9 Å². The third kappa shape index (κ3) is 3.36. The Morgan fingerprint density at radius 1 is 1.12 bits per heavy atom. The van der Waals surface area contributed by atoms with E-state index in [1.165, 1.54) is 0 Å². The van der Waals surface area contributed by atoms with Crippen molar-refractivity contribution < 1.29 is 9.52 Å². The van der Waals surface area contributed by atoms with Crippen LogP contribution in [0.25, 0.3) is 11.1 Å². The third-order valence-corrected chi connectivity index (χ3v) is 4.89. The number of aliphatic hydroxyl groups excluding tert-OH is 1. The molecule has 1 aromatic carbocycles. The fraction of sp³-hybridized carbons (Fsp3) is 0.368. The van der Waals surface area contributed by atoms with E-state index >= 15 is 0 Å². The van der Waals surface area contributed by atoms with E-state index in [-0.39, 0.29) is 17.8 Å². The number of fused-ring (bicyclic) bond motifs is 1. The van der Waals surface area contributed by atoms with Crippen LogP contribution >= 0.6 is 0 Å². The van der Waals surface area contributed by atoms with Gasteiger partial charge in [0.25, 0.3) is 0 Å². The third-order valence-electron chi connectivity index (χ3n) is 4.89. The zero-order valence-corrected chi connectivity index (χ0v) is 13.9. The highest BCUT2D eigenvalue weighted by atomic mass is 16.4. The summed E-state index contributed by atoms with van der Waals surface area (Å²) in [7, 11) is 0. The molecule has 6 heteroatoms. The van der Waals surface area contributed by atoms with E-state index in [0.717, 1.165) is 24.2 Å². The molecule has 0 spiro atoms. The maximum atomic E-state index is 12.0. The van der Waals surface area contributed by atoms with Crippen molar-refractivity contribution in [1.82, 2.24) is 14.5 Å². The number of rotatable bonds is 5. The number of likely N-dealkylation sites (tertiary alicyclic amines) is 1. The summed E-state index contributed by atoms with van der Waals surface area (Å²) in [6.07, 6.45) is 2.19. The standard InChI is InChI=1S/C19H21N3O3/c23-17-13-21(12-14(17)11-15-5-3-4-8-20-15)9-10-22-16-6-1-2-7-18(16)25-19(22)24/h1-8,14,17,23H,9-13H2/t14-,17-/m1/s1. The Bertz CT molecular complexity index is 903. The van der Waals surface area contributed by atoms with Gasteiger partial charge in [0.2, 0.25) is 0 Å². The van der Waals surface area contributed by atoms with Crippen LogP contribution in [-0.2, 0) is 13.0 Å². The molecule has 1 N–H and O–H groups in total. The maximum Gasteiger partial charge on any atom is 0.419 e. The molecule has 1 aliphatic rings. The van der Waals surface area contributed by atoms with Gasteiger partial charge in [-0.1, -0.05) is 18.2 Å². The number of nitrogens with zero attached hydrogens (tertiary/aromatic N) is 3. The molecule has 0 radical (unpaired) electrons. The van der Waals surface area contributed by atoms with Gasteiger partial charge in [-0.25, -0.2) is 4.79 Å². The van der Waals surface area contributed by atoms with Gasteiger partial charge in [-0.3, -0.25) is 14.5 Å². The lowest BCUT2D eigenvalue weighted by Gasteiger charge is -2.15. The molecule has 25 heavy (non-hydrogen) atoms. The molecule has 0 bridgehead atoms. The van der Waals surface area contributed by atoms with E-state index in [1.807, 2.05) is 36.4 Å². The lowest BCUT2D eigenvalue weighted by atomic mass is 10.00. The molecule has 3 aromatic rings. The highest BCUT2D eigenvalue weighted by molar-refractivity contribution is 5.72. The van der Waals surface area contributed by atoms with Crippen molar-refractivity contribution in [3.63, 3.8) is 0 Å². The van der Waals surface area contributed by atoms with E-state index in [9.17, 15) is 9.90 Å². The quantitative estimate of drug-likeness (QED) is 0.763. The van der Waals surface area contributed by atoms with Crippen LogP contribution in [-0.4, -0.2) is 45.3 Å². The summed E-state index contributed by atoms with van der Waals surface area (Å²) < 4.78 is 6.93. The average Bonchev–Trinajstić information content (AvgIpc) is 3.13. The normalized spacial score (nSPS) is 21.2. The van der Waals surface area contributed by atoms with E-state index in [1.54, 1.807) is 16.8 Å². The van der Waals surface area contributed by atoms with Gasteiger partial charge in [-0.15, -0.1) is 0 Å². The van der Waals surface area contributed by atoms with Crippen LogP contribution in [0, 0.1) is 5.92 Å². The summed E-state index contributed by atoms with van der Waals surface area (Å²) in [6, 6.07) is 13.3. The van der Waals surface area contributed by atoms with Crippen LogP contribution in [0.4, 0.5) is 0 Å². The molecular formula is C19H21N3O3. The number of aliphatic hydroxyl groups is 1. The van der Waals surface area contributed by atoms with Gasteiger partial charge in [-0.05, 0) is 30.7 Å². The molecule has 6 nitrogen and oxygen atoms in total. The van der Waals surface area contributed by atoms with Gasteiger partial charge >= 0.3 is 5.76 Å². The molecule has 0 unspecified atom stereocenters. The molecule has 1 aliphatic heterocycles. The van der Waals surface area contributed by atoms with E-state index in [2.05, 4.69) is 9.88 Å². The lowest BCUT2D eigenvalue weighted by molar-refractivity contribution is 0.141. The summed E-state index contributed by atoms with van der Waals surface area (Å²) in [6.45, 7) is 2.70. The molecule has 130 valence electrons. The number of oxazole rings is 1. The number of β-amino-alcohol motifs (C(OH)–C–C–N with tert-alkyl or cyclic N) is 1.